The lowest BCUT2D eigenvalue weighted by molar-refractivity contribution is 0.357. The van der Waals surface area contributed by atoms with Crippen LogP contribution in [-0.2, 0) is 4.12 Å². The molecule has 30 heavy (non-hydrogen) atoms. The second-order valence-corrected chi connectivity index (χ2v) is 18.3. The van der Waals surface area contributed by atoms with Gasteiger partial charge < -0.3 is 4.12 Å². The van der Waals surface area contributed by atoms with Crippen LogP contribution in [-0.4, -0.2) is 16.6 Å². The first kappa shape index (κ1) is 22.7. The molecular weight excluding hydrogens is 396 g/mol. The summed E-state index contributed by atoms with van der Waals surface area (Å²) in [5.74, 6) is 0. The van der Waals surface area contributed by atoms with Gasteiger partial charge in [0.1, 0.15) is 0 Å². The molecule has 1 unspecified atom stereocenters. The van der Waals surface area contributed by atoms with Crippen LogP contribution in [0, 0.1) is 5.41 Å². The average Bonchev–Trinajstić information content (AvgIpc) is 2.73. The van der Waals surface area contributed by atoms with E-state index in [1.807, 2.05) is 0 Å². The predicted octanol–water partition coefficient (Wildman–Crippen LogP) is 5.70. The van der Waals surface area contributed by atoms with Crippen molar-refractivity contribution in [1.29, 1.82) is 0 Å². The van der Waals surface area contributed by atoms with Crippen molar-refractivity contribution in [2.24, 2.45) is 5.41 Å². The van der Waals surface area contributed by atoms with Crippen LogP contribution in [0.4, 0.5) is 0 Å². The second-order valence-electron chi connectivity index (χ2n) is 10.2. The summed E-state index contributed by atoms with van der Waals surface area (Å²) in [6, 6.07) is 32.8. The minimum atomic E-state index is -2.64. The van der Waals surface area contributed by atoms with Crippen LogP contribution in [0.25, 0.3) is 0 Å². The highest BCUT2D eigenvalue weighted by atomic mass is 28.4. The molecule has 0 amide bonds. The maximum absolute atomic E-state index is 7.57. The van der Waals surface area contributed by atoms with Crippen molar-refractivity contribution in [1.82, 2.24) is 0 Å². The molecule has 3 heteroatoms. The molecule has 0 aliphatic heterocycles. The highest BCUT2D eigenvalue weighted by Crippen LogP contribution is 2.36. The van der Waals surface area contributed by atoms with Crippen LogP contribution in [0.1, 0.15) is 34.1 Å². The fourth-order valence-corrected chi connectivity index (χ4v) is 13.8. The first-order valence-electron chi connectivity index (χ1n) is 11.0. The summed E-state index contributed by atoms with van der Waals surface area (Å²) in [5, 5.41) is 3.97. The van der Waals surface area contributed by atoms with E-state index in [-0.39, 0.29) is 0 Å². The number of hydrogen-bond donors (Lipinski definition) is 0. The van der Waals surface area contributed by atoms with Crippen molar-refractivity contribution in [3.05, 3.63) is 91.0 Å². The highest BCUT2D eigenvalue weighted by molar-refractivity contribution is 7.10. The van der Waals surface area contributed by atoms with Gasteiger partial charge in [-0.1, -0.05) is 119 Å². The Hall–Kier alpha value is -1.95. The standard InChI is InChI=1S/C27H36OSi2/c1-23(22-27(2,3)4)29(5,6)28-30(24-16-10-7-11-17-24,25-18-12-8-13-19-25)26-20-14-9-15-21-26/h7-21,23H,22H2,1-6H3. The average molecular weight is 433 g/mol. The van der Waals surface area contributed by atoms with E-state index < -0.39 is 16.6 Å². The van der Waals surface area contributed by atoms with Gasteiger partial charge in [0.2, 0.25) is 0 Å². The Morgan fingerprint density at radius 3 is 1.30 bits per heavy atom. The van der Waals surface area contributed by atoms with Gasteiger partial charge in [-0.25, -0.2) is 0 Å². The summed E-state index contributed by atoms with van der Waals surface area (Å²) in [7, 11) is -4.67. The fraction of sp³-hybridized carbons (Fsp3) is 0.333. The van der Waals surface area contributed by atoms with Crippen molar-refractivity contribution >= 4 is 32.2 Å². The van der Waals surface area contributed by atoms with Crippen LogP contribution in [0.2, 0.25) is 18.6 Å². The Bertz CT molecular complexity index is 819. The van der Waals surface area contributed by atoms with Crippen molar-refractivity contribution in [3.8, 4) is 0 Å². The van der Waals surface area contributed by atoms with Gasteiger partial charge in [-0.3, -0.25) is 0 Å². The fourth-order valence-electron chi connectivity index (χ4n) is 4.35. The second kappa shape index (κ2) is 9.05. The summed E-state index contributed by atoms with van der Waals surface area (Å²) < 4.78 is 7.57. The predicted molar refractivity (Wildman–Crippen MR) is 136 cm³/mol. The van der Waals surface area contributed by atoms with E-state index in [9.17, 15) is 0 Å². The lowest BCUT2D eigenvalue weighted by atomic mass is 9.91. The van der Waals surface area contributed by atoms with Gasteiger partial charge in [0.05, 0.1) is 0 Å². The van der Waals surface area contributed by atoms with Gasteiger partial charge in [-0.15, -0.1) is 0 Å². The molecule has 1 nitrogen and oxygen atoms in total. The summed E-state index contributed by atoms with van der Waals surface area (Å²) in [5.41, 5.74) is 0.851. The molecule has 158 valence electrons. The summed E-state index contributed by atoms with van der Waals surface area (Å²) in [6.07, 6.45) is 1.18. The Morgan fingerprint density at radius 1 is 0.667 bits per heavy atom. The minimum Gasteiger partial charge on any atom is -0.446 e. The van der Waals surface area contributed by atoms with Gasteiger partial charge in [-0.2, -0.15) is 0 Å². The maximum atomic E-state index is 7.57. The first-order chi connectivity index (χ1) is 14.2. The lowest BCUT2D eigenvalue weighted by Crippen LogP contribution is -2.72. The molecule has 0 saturated carbocycles. The zero-order chi connectivity index (χ0) is 21.8. The zero-order valence-electron chi connectivity index (χ0n) is 19.4. The Labute approximate surface area is 185 Å². The van der Waals surface area contributed by atoms with Gasteiger partial charge in [0.15, 0.2) is 8.32 Å². The molecule has 0 fully saturated rings. The van der Waals surface area contributed by atoms with E-state index in [2.05, 4.69) is 132 Å². The third kappa shape index (κ3) is 5.02. The van der Waals surface area contributed by atoms with Crippen LogP contribution in [0.15, 0.2) is 91.0 Å². The number of benzene rings is 3. The van der Waals surface area contributed by atoms with Gasteiger partial charge in [0, 0.05) is 0 Å². The van der Waals surface area contributed by atoms with E-state index in [1.165, 1.54) is 22.0 Å². The molecule has 0 bridgehead atoms. The lowest BCUT2D eigenvalue weighted by Gasteiger charge is -2.43. The van der Waals surface area contributed by atoms with Crippen molar-refractivity contribution in [2.75, 3.05) is 0 Å². The number of hydrogen-bond acceptors (Lipinski definition) is 1. The third-order valence-corrected chi connectivity index (χ3v) is 15.4. The molecule has 0 aliphatic carbocycles. The maximum Gasteiger partial charge on any atom is 0.278 e. The highest BCUT2D eigenvalue weighted by Gasteiger charge is 2.48. The molecule has 0 heterocycles. The molecule has 3 aromatic carbocycles. The van der Waals surface area contributed by atoms with Gasteiger partial charge >= 0.3 is 0 Å². The molecule has 0 saturated heterocycles. The Balaban J connectivity index is 2.21. The topological polar surface area (TPSA) is 9.23 Å². The molecule has 3 aromatic rings. The van der Waals surface area contributed by atoms with E-state index in [0.717, 1.165) is 0 Å². The minimum absolute atomic E-state index is 0.295. The summed E-state index contributed by atoms with van der Waals surface area (Å²) >= 11 is 0. The largest absolute Gasteiger partial charge is 0.446 e. The van der Waals surface area contributed by atoms with E-state index >= 15 is 0 Å². The quantitative estimate of drug-likeness (QED) is 0.344. The first-order valence-corrected chi connectivity index (χ1v) is 15.9. The van der Waals surface area contributed by atoms with Gasteiger partial charge in [0.25, 0.3) is 8.32 Å². The van der Waals surface area contributed by atoms with Gasteiger partial charge in [-0.05, 0) is 46.0 Å². The summed E-state index contributed by atoms with van der Waals surface area (Å²) in [6.45, 7) is 14.2. The van der Waals surface area contributed by atoms with Crippen LogP contribution >= 0.6 is 0 Å². The molecule has 3 rings (SSSR count). The molecule has 0 N–H and O–H groups in total. The SMILES string of the molecule is CC(CC(C)(C)C)[Si](C)(C)O[Si](c1ccccc1)(c1ccccc1)c1ccccc1. The molecule has 0 aromatic heterocycles. The number of rotatable bonds is 7. The van der Waals surface area contributed by atoms with Crippen LogP contribution in [0.5, 0.6) is 0 Å². The Morgan fingerprint density at radius 2 is 1.00 bits per heavy atom. The van der Waals surface area contributed by atoms with Crippen molar-refractivity contribution in [2.45, 2.75) is 52.8 Å². The molecule has 1 atom stereocenters. The van der Waals surface area contributed by atoms with E-state index in [4.69, 9.17) is 4.12 Å². The van der Waals surface area contributed by atoms with Crippen molar-refractivity contribution in [3.63, 3.8) is 0 Å². The normalized spacial score (nSPS) is 13.8. The summed E-state index contributed by atoms with van der Waals surface area (Å²) in [4.78, 5) is 0. The van der Waals surface area contributed by atoms with Crippen molar-refractivity contribution < 1.29 is 4.12 Å². The zero-order valence-corrected chi connectivity index (χ0v) is 21.4. The van der Waals surface area contributed by atoms with E-state index in [1.54, 1.807) is 0 Å². The van der Waals surface area contributed by atoms with Crippen LogP contribution < -0.4 is 15.6 Å². The Kier molecular flexibility index (Phi) is 6.86. The molecule has 0 spiro atoms. The smallest absolute Gasteiger partial charge is 0.278 e. The molecular formula is C27H36OSi2. The van der Waals surface area contributed by atoms with E-state index in [0.29, 0.717) is 11.0 Å². The third-order valence-electron chi connectivity index (χ3n) is 6.06. The molecule has 0 radical (unpaired) electrons. The van der Waals surface area contributed by atoms with Crippen LogP contribution in [0.3, 0.4) is 0 Å². The monoisotopic (exact) mass is 432 g/mol. The molecule has 0 aliphatic rings.